The van der Waals surface area contributed by atoms with Gasteiger partial charge < -0.3 is 9.47 Å². The minimum Gasteiger partial charge on any atom is -0.465 e. The average molecular weight is 451 g/mol. The van der Waals surface area contributed by atoms with Gasteiger partial charge >= 0.3 is 11.9 Å². The summed E-state index contributed by atoms with van der Waals surface area (Å²) in [4.78, 5) is 41.3. The highest BCUT2D eigenvalue weighted by Gasteiger charge is 2.17. The van der Waals surface area contributed by atoms with Crippen LogP contribution >= 0.6 is 23.4 Å². The lowest BCUT2D eigenvalue weighted by molar-refractivity contribution is -0.139. The van der Waals surface area contributed by atoms with E-state index < -0.39 is 23.3 Å². The number of methoxy groups -OCH3 is 1. The van der Waals surface area contributed by atoms with Crippen molar-refractivity contribution < 1.29 is 23.5 Å². The van der Waals surface area contributed by atoms with Crippen molar-refractivity contribution in [3.05, 3.63) is 63.2 Å². The molecule has 156 valence electrons. The quantitative estimate of drug-likeness (QED) is 0.322. The highest BCUT2D eigenvalue weighted by molar-refractivity contribution is 7.99. The van der Waals surface area contributed by atoms with Gasteiger partial charge in [0, 0.05) is 0 Å². The van der Waals surface area contributed by atoms with Crippen molar-refractivity contribution in [2.75, 3.05) is 19.5 Å². The molecule has 1 heterocycles. The zero-order valence-electron chi connectivity index (χ0n) is 16.0. The van der Waals surface area contributed by atoms with Crippen molar-refractivity contribution in [3.63, 3.8) is 0 Å². The Morgan fingerprint density at radius 1 is 1.23 bits per heavy atom. The van der Waals surface area contributed by atoms with Gasteiger partial charge in [0.05, 0.1) is 46.6 Å². The van der Waals surface area contributed by atoms with E-state index in [1.165, 1.54) is 42.0 Å². The van der Waals surface area contributed by atoms with Gasteiger partial charge in [-0.25, -0.2) is 14.2 Å². The Bertz CT molecular complexity index is 1200. The molecule has 0 bridgehead atoms. The summed E-state index contributed by atoms with van der Waals surface area (Å²) in [5.74, 6) is -1.79. The van der Waals surface area contributed by atoms with E-state index in [1.54, 1.807) is 6.92 Å². The van der Waals surface area contributed by atoms with Gasteiger partial charge in [0.1, 0.15) is 5.82 Å². The minimum absolute atomic E-state index is 0.0998. The van der Waals surface area contributed by atoms with Crippen LogP contribution in [0.5, 0.6) is 0 Å². The largest absolute Gasteiger partial charge is 0.465 e. The van der Waals surface area contributed by atoms with Crippen LogP contribution in [-0.2, 0) is 14.3 Å². The lowest BCUT2D eigenvalue weighted by atomic mass is 10.1. The van der Waals surface area contributed by atoms with Crippen molar-refractivity contribution >= 4 is 46.2 Å². The lowest BCUT2D eigenvalue weighted by Gasteiger charge is -2.14. The second-order valence-corrected chi connectivity index (χ2v) is 7.30. The Morgan fingerprint density at radius 2 is 2.00 bits per heavy atom. The van der Waals surface area contributed by atoms with Crippen LogP contribution in [0.25, 0.3) is 16.6 Å². The number of ether oxygens (including phenoxy) is 2. The fourth-order valence-electron chi connectivity index (χ4n) is 2.68. The molecule has 0 radical (unpaired) electrons. The average Bonchev–Trinajstić information content (AvgIpc) is 2.73. The number of hydrogen-bond donors (Lipinski definition) is 0. The number of rotatable bonds is 6. The second-order valence-electron chi connectivity index (χ2n) is 5.95. The molecule has 7 nitrogen and oxygen atoms in total. The molecular formula is C20H16ClFN2O5S. The molecule has 0 unspecified atom stereocenters. The molecule has 0 fully saturated rings. The topological polar surface area (TPSA) is 87.5 Å². The first-order valence-corrected chi connectivity index (χ1v) is 10.1. The van der Waals surface area contributed by atoms with E-state index in [0.29, 0.717) is 0 Å². The summed E-state index contributed by atoms with van der Waals surface area (Å²) in [5, 5.41) is 0.218. The van der Waals surface area contributed by atoms with Crippen LogP contribution in [0.15, 0.2) is 46.3 Å². The predicted octanol–water partition coefficient (Wildman–Crippen LogP) is 3.62. The standard InChI is InChI=1S/C20H16ClFN2O5S/c1-3-29-17(25)10-30-20-23-16-8-11(19(27)28-2)4-6-13(16)18(26)24(20)12-5-7-15(22)14(21)9-12/h4-9H,3,10H2,1-2H3. The molecule has 10 heteroatoms. The highest BCUT2D eigenvalue weighted by Crippen LogP contribution is 2.25. The molecule has 0 aliphatic rings. The van der Waals surface area contributed by atoms with E-state index >= 15 is 0 Å². The molecule has 0 atom stereocenters. The maximum absolute atomic E-state index is 13.6. The van der Waals surface area contributed by atoms with Gasteiger partial charge in [-0.3, -0.25) is 14.2 Å². The smallest absolute Gasteiger partial charge is 0.337 e. The number of benzene rings is 2. The van der Waals surface area contributed by atoms with Crippen LogP contribution in [0.1, 0.15) is 17.3 Å². The van der Waals surface area contributed by atoms with Crippen LogP contribution in [0.4, 0.5) is 4.39 Å². The zero-order chi connectivity index (χ0) is 21.8. The highest BCUT2D eigenvalue weighted by atomic mass is 35.5. The molecule has 3 rings (SSSR count). The van der Waals surface area contributed by atoms with Crippen molar-refractivity contribution in [1.29, 1.82) is 0 Å². The van der Waals surface area contributed by atoms with Crippen LogP contribution in [0, 0.1) is 5.82 Å². The summed E-state index contributed by atoms with van der Waals surface area (Å²) < 4.78 is 24.5. The summed E-state index contributed by atoms with van der Waals surface area (Å²) >= 11 is 6.86. The number of carbonyl (C=O) groups excluding carboxylic acids is 2. The third kappa shape index (κ3) is 4.47. The molecule has 0 N–H and O–H groups in total. The SMILES string of the molecule is CCOC(=O)CSc1nc2cc(C(=O)OC)ccc2c(=O)n1-c1ccc(F)c(Cl)c1. The maximum atomic E-state index is 13.6. The van der Waals surface area contributed by atoms with Gasteiger partial charge in [-0.1, -0.05) is 23.4 Å². The molecular weight excluding hydrogens is 435 g/mol. The van der Waals surface area contributed by atoms with Crippen molar-refractivity contribution in [2.45, 2.75) is 12.1 Å². The number of halogens is 2. The summed E-state index contributed by atoms with van der Waals surface area (Å²) in [6.07, 6.45) is 0. The fraction of sp³-hybridized carbons (Fsp3) is 0.200. The van der Waals surface area contributed by atoms with E-state index in [2.05, 4.69) is 4.98 Å². The molecule has 0 saturated carbocycles. The van der Waals surface area contributed by atoms with Gasteiger partial charge in [0.15, 0.2) is 5.16 Å². The van der Waals surface area contributed by atoms with E-state index in [9.17, 15) is 18.8 Å². The van der Waals surface area contributed by atoms with Crippen LogP contribution in [-0.4, -0.2) is 41.0 Å². The molecule has 0 saturated heterocycles. The summed E-state index contributed by atoms with van der Waals surface area (Å²) in [6.45, 7) is 1.90. The van der Waals surface area contributed by atoms with E-state index in [4.69, 9.17) is 21.1 Å². The first-order valence-electron chi connectivity index (χ1n) is 8.74. The van der Waals surface area contributed by atoms with Crippen LogP contribution < -0.4 is 5.56 Å². The normalized spacial score (nSPS) is 10.8. The molecule has 0 aliphatic carbocycles. The van der Waals surface area contributed by atoms with E-state index in [0.717, 1.165) is 17.8 Å². The number of thioether (sulfide) groups is 1. The van der Waals surface area contributed by atoms with Gasteiger partial charge in [-0.15, -0.1) is 0 Å². The monoisotopic (exact) mass is 450 g/mol. The Labute approximate surface area is 179 Å². The number of hydrogen-bond acceptors (Lipinski definition) is 7. The van der Waals surface area contributed by atoms with Crippen molar-refractivity contribution in [1.82, 2.24) is 9.55 Å². The van der Waals surface area contributed by atoms with Crippen molar-refractivity contribution in [2.24, 2.45) is 0 Å². The molecule has 2 aromatic carbocycles. The minimum atomic E-state index is -0.634. The van der Waals surface area contributed by atoms with E-state index in [1.807, 2.05) is 0 Å². The van der Waals surface area contributed by atoms with Crippen LogP contribution in [0.3, 0.4) is 0 Å². The first kappa shape index (κ1) is 21.8. The summed E-state index contributed by atoms with van der Waals surface area (Å²) in [6, 6.07) is 8.15. The second kappa shape index (κ2) is 9.27. The third-order valence-corrected chi connectivity index (χ3v) is 5.25. The molecule has 3 aromatic rings. The fourth-order valence-corrected chi connectivity index (χ4v) is 3.67. The first-order chi connectivity index (χ1) is 14.3. The number of nitrogens with zero attached hydrogens (tertiary/aromatic N) is 2. The number of fused-ring (bicyclic) bond motifs is 1. The molecule has 0 amide bonds. The van der Waals surface area contributed by atoms with Gasteiger partial charge in [-0.2, -0.15) is 0 Å². The Hall–Kier alpha value is -2.91. The number of carbonyl (C=O) groups is 2. The van der Waals surface area contributed by atoms with Gasteiger partial charge in [0.25, 0.3) is 5.56 Å². The molecule has 0 spiro atoms. The maximum Gasteiger partial charge on any atom is 0.337 e. The molecule has 1 aromatic heterocycles. The predicted molar refractivity (Wildman–Crippen MR) is 111 cm³/mol. The zero-order valence-corrected chi connectivity index (χ0v) is 17.6. The summed E-state index contributed by atoms with van der Waals surface area (Å²) in [5.41, 5.74) is 0.286. The Morgan fingerprint density at radius 3 is 2.67 bits per heavy atom. The Balaban J connectivity index is 2.20. The number of esters is 2. The van der Waals surface area contributed by atoms with E-state index in [-0.39, 0.29) is 44.7 Å². The summed E-state index contributed by atoms with van der Waals surface area (Å²) in [7, 11) is 1.25. The Kier molecular flexibility index (Phi) is 6.73. The lowest BCUT2D eigenvalue weighted by Crippen LogP contribution is -2.22. The van der Waals surface area contributed by atoms with Gasteiger partial charge in [0.2, 0.25) is 0 Å². The third-order valence-electron chi connectivity index (χ3n) is 4.05. The van der Waals surface area contributed by atoms with Gasteiger partial charge in [-0.05, 0) is 43.3 Å². The van der Waals surface area contributed by atoms with Crippen molar-refractivity contribution in [3.8, 4) is 5.69 Å². The number of aromatic nitrogens is 2. The van der Waals surface area contributed by atoms with Crippen LogP contribution in [0.2, 0.25) is 5.02 Å². The molecule has 30 heavy (non-hydrogen) atoms. The molecule has 0 aliphatic heterocycles.